The molecule has 1 aromatic carbocycles. The Balaban J connectivity index is 1.51. The van der Waals surface area contributed by atoms with E-state index in [1.165, 1.54) is 6.07 Å². The number of carbonyl (C=O) groups is 1. The number of likely N-dealkylation sites (tertiary alicyclic amines) is 1. The lowest BCUT2D eigenvalue weighted by Crippen LogP contribution is -2.48. The summed E-state index contributed by atoms with van der Waals surface area (Å²) in [6, 6.07) is 6.51. The van der Waals surface area contributed by atoms with Crippen molar-refractivity contribution in [3.63, 3.8) is 0 Å². The van der Waals surface area contributed by atoms with Crippen molar-refractivity contribution in [2.75, 3.05) is 13.1 Å². The zero-order valence-electron chi connectivity index (χ0n) is 13.4. The Morgan fingerprint density at radius 3 is 2.71 bits per heavy atom. The van der Waals surface area contributed by atoms with E-state index < -0.39 is 5.60 Å². The van der Waals surface area contributed by atoms with Gasteiger partial charge in [0.05, 0.1) is 18.3 Å². The summed E-state index contributed by atoms with van der Waals surface area (Å²) in [5.41, 5.74) is -0.434. The zero-order valence-corrected chi connectivity index (χ0v) is 13.4. The molecule has 1 amide bonds. The molecule has 7 heteroatoms. The van der Waals surface area contributed by atoms with Gasteiger partial charge in [0.25, 0.3) is 0 Å². The molecule has 2 heterocycles. The molecular weight excluding hydrogens is 311 g/mol. The molecule has 1 aliphatic heterocycles. The van der Waals surface area contributed by atoms with Crippen molar-refractivity contribution in [3.8, 4) is 0 Å². The van der Waals surface area contributed by atoms with Crippen molar-refractivity contribution in [1.29, 1.82) is 0 Å². The normalized spacial score (nSPS) is 17.0. The smallest absolute Gasteiger partial charge is 0.224 e. The molecule has 0 atom stereocenters. The topological polar surface area (TPSA) is 71.2 Å². The number of benzene rings is 1. The maximum atomic E-state index is 13.8. The minimum Gasteiger partial charge on any atom is -0.389 e. The third kappa shape index (κ3) is 3.97. The molecule has 1 aromatic heterocycles. The highest BCUT2D eigenvalue weighted by Crippen LogP contribution is 2.27. The molecule has 0 aliphatic carbocycles. The molecular formula is C17H21FN4O2. The Bertz CT molecular complexity index is 682. The van der Waals surface area contributed by atoms with Crippen LogP contribution in [0.4, 0.5) is 4.39 Å². The fraction of sp³-hybridized carbons (Fsp3) is 0.471. The van der Waals surface area contributed by atoms with Gasteiger partial charge in [0.1, 0.15) is 5.82 Å². The summed E-state index contributed by atoms with van der Waals surface area (Å²) in [4.78, 5) is 14.0. The molecule has 0 radical (unpaired) electrons. The van der Waals surface area contributed by atoms with Gasteiger partial charge in [0, 0.05) is 32.1 Å². The summed E-state index contributed by atoms with van der Waals surface area (Å²) in [5, 5.41) is 18.2. The average Bonchev–Trinajstić information content (AvgIpc) is 3.09. The molecule has 0 unspecified atom stereocenters. The minimum absolute atomic E-state index is 0.0402. The highest BCUT2D eigenvalue weighted by atomic mass is 19.1. The molecule has 1 N–H and O–H groups in total. The van der Waals surface area contributed by atoms with Gasteiger partial charge in [-0.2, -0.15) is 0 Å². The van der Waals surface area contributed by atoms with E-state index in [1.54, 1.807) is 40.2 Å². The Labute approximate surface area is 139 Å². The van der Waals surface area contributed by atoms with Crippen LogP contribution in [-0.2, 0) is 17.8 Å². The number of halogens is 1. The van der Waals surface area contributed by atoms with Crippen LogP contribution in [0.25, 0.3) is 0 Å². The van der Waals surface area contributed by atoms with Crippen LogP contribution in [0.5, 0.6) is 0 Å². The van der Waals surface area contributed by atoms with Crippen LogP contribution in [0.1, 0.15) is 24.8 Å². The van der Waals surface area contributed by atoms with Crippen LogP contribution in [0.3, 0.4) is 0 Å². The Kier molecular flexibility index (Phi) is 4.89. The summed E-state index contributed by atoms with van der Waals surface area (Å²) < 4.78 is 15.4. The van der Waals surface area contributed by atoms with Crippen LogP contribution >= 0.6 is 0 Å². The largest absolute Gasteiger partial charge is 0.389 e. The number of hydrogen-bond donors (Lipinski definition) is 1. The van der Waals surface area contributed by atoms with Gasteiger partial charge in [-0.15, -0.1) is 5.10 Å². The second-order valence-electron chi connectivity index (χ2n) is 6.29. The van der Waals surface area contributed by atoms with Gasteiger partial charge in [-0.25, -0.2) is 4.39 Å². The number of amides is 1. The zero-order chi connectivity index (χ0) is 17.0. The molecule has 6 nitrogen and oxygen atoms in total. The lowest BCUT2D eigenvalue weighted by atomic mass is 9.85. The fourth-order valence-corrected chi connectivity index (χ4v) is 3.07. The first kappa shape index (κ1) is 16.6. The summed E-state index contributed by atoms with van der Waals surface area (Å²) in [5.74, 6) is -0.254. The van der Waals surface area contributed by atoms with E-state index in [2.05, 4.69) is 10.3 Å². The van der Waals surface area contributed by atoms with E-state index in [4.69, 9.17) is 0 Å². The number of aromatic nitrogens is 3. The van der Waals surface area contributed by atoms with Crippen molar-refractivity contribution in [2.24, 2.45) is 0 Å². The van der Waals surface area contributed by atoms with Crippen molar-refractivity contribution < 1.29 is 14.3 Å². The summed E-state index contributed by atoms with van der Waals surface area (Å²) in [7, 11) is 0. The molecule has 128 valence electrons. The number of rotatable bonds is 5. The third-order valence-corrected chi connectivity index (χ3v) is 4.55. The van der Waals surface area contributed by atoms with Gasteiger partial charge in [-0.1, -0.05) is 23.4 Å². The molecule has 1 aliphatic rings. The van der Waals surface area contributed by atoms with Gasteiger partial charge in [0.2, 0.25) is 5.91 Å². The number of hydrogen-bond acceptors (Lipinski definition) is 4. The van der Waals surface area contributed by atoms with Gasteiger partial charge < -0.3 is 10.0 Å². The molecule has 0 bridgehead atoms. The van der Waals surface area contributed by atoms with E-state index in [0.29, 0.717) is 44.5 Å². The van der Waals surface area contributed by atoms with Crippen LogP contribution in [0.2, 0.25) is 0 Å². The van der Waals surface area contributed by atoms with E-state index in [1.807, 2.05) is 0 Å². The summed E-state index contributed by atoms with van der Waals surface area (Å²) >= 11 is 0. The Morgan fingerprint density at radius 2 is 2.04 bits per heavy atom. The SMILES string of the molecule is O=C(CCn1ccnn1)N1CCC(O)(Cc2ccccc2F)CC1. The molecule has 0 saturated carbocycles. The van der Waals surface area contributed by atoms with Crippen LogP contribution in [0, 0.1) is 5.82 Å². The molecule has 2 aromatic rings. The number of aliphatic hydroxyl groups is 1. The Morgan fingerprint density at radius 1 is 1.29 bits per heavy atom. The standard InChI is InChI=1S/C17H21FN4O2/c18-15-4-2-1-3-14(15)13-17(24)6-10-21(11-7-17)16(23)5-9-22-12-8-19-20-22/h1-4,8,12,24H,5-7,9-11,13H2. The predicted octanol–water partition coefficient (Wildman–Crippen LogP) is 1.40. The van der Waals surface area contributed by atoms with Gasteiger partial charge >= 0.3 is 0 Å². The number of carbonyl (C=O) groups excluding carboxylic acids is 1. The average molecular weight is 332 g/mol. The van der Waals surface area contributed by atoms with Crippen LogP contribution < -0.4 is 0 Å². The van der Waals surface area contributed by atoms with Crippen molar-refractivity contribution in [2.45, 2.75) is 37.8 Å². The van der Waals surface area contributed by atoms with Crippen molar-refractivity contribution >= 4 is 5.91 Å². The lowest BCUT2D eigenvalue weighted by Gasteiger charge is -2.38. The summed E-state index contributed by atoms with van der Waals surface area (Å²) in [6.45, 7) is 1.47. The van der Waals surface area contributed by atoms with Gasteiger partial charge in [-0.05, 0) is 24.5 Å². The van der Waals surface area contributed by atoms with E-state index in [0.717, 1.165) is 0 Å². The quantitative estimate of drug-likeness (QED) is 0.898. The number of aryl methyl sites for hydroxylation is 1. The predicted molar refractivity (Wildman–Crippen MR) is 85.5 cm³/mol. The highest BCUT2D eigenvalue weighted by molar-refractivity contribution is 5.76. The second-order valence-corrected chi connectivity index (χ2v) is 6.29. The van der Waals surface area contributed by atoms with E-state index in [9.17, 15) is 14.3 Å². The maximum absolute atomic E-state index is 13.8. The van der Waals surface area contributed by atoms with Gasteiger partial charge in [0.15, 0.2) is 0 Å². The fourth-order valence-electron chi connectivity index (χ4n) is 3.07. The van der Waals surface area contributed by atoms with Crippen molar-refractivity contribution in [3.05, 3.63) is 48.0 Å². The second kappa shape index (κ2) is 7.09. The lowest BCUT2D eigenvalue weighted by molar-refractivity contribution is -0.135. The molecule has 3 rings (SSSR count). The molecule has 1 fully saturated rings. The van der Waals surface area contributed by atoms with Gasteiger partial charge in [-0.3, -0.25) is 9.48 Å². The Hall–Kier alpha value is -2.28. The molecule has 1 saturated heterocycles. The first-order valence-corrected chi connectivity index (χ1v) is 8.13. The third-order valence-electron chi connectivity index (χ3n) is 4.55. The first-order valence-electron chi connectivity index (χ1n) is 8.13. The maximum Gasteiger partial charge on any atom is 0.224 e. The van der Waals surface area contributed by atoms with E-state index in [-0.39, 0.29) is 18.1 Å². The molecule has 24 heavy (non-hydrogen) atoms. The van der Waals surface area contributed by atoms with Crippen LogP contribution in [-0.4, -0.2) is 49.6 Å². The number of nitrogens with zero attached hydrogens (tertiary/aromatic N) is 4. The molecule has 0 spiro atoms. The van der Waals surface area contributed by atoms with Crippen LogP contribution in [0.15, 0.2) is 36.7 Å². The minimum atomic E-state index is -0.953. The van der Waals surface area contributed by atoms with Crippen molar-refractivity contribution in [1.82, 2.24) is 19.9 Å². The number of piperidine rings is 1. The summed E-state index contributed by atoms with van der Waals surface area (Å²) in [6.07, 6.45) is 4.84. The van der Waals surface area contributed by atoms with E-state index >= 15 is 0 Å². The first-order chi connectivity index (χ1) is 11.6. The monoisotopic (exact) mass is 332 g/mol. The highest BCUT2D eigenvalue weighted by Gasteiger charge is 2.34.